The highest BCUT2D eigenvalue weighted by Gasteiger charge is 2.04. The van der Waals surface area contributed by atoms with Gasteiger partial charge in [0.25, 0.3) is 0 Å². The van der Waals surface area contributed by atoms with E-state index in [0.717, 1.165) is 0 Å². The molecule has 0 spiro atoms. The maximum atomic E-state index is 10.9. The van der Waals surface area contributed by atoms with Crippen LogP contribution in [0, 0.1) is 11.3 Å². The Labute approximate surface area is 82.9 Å². The highest BCUT2D eigenvalue weighted by Crippen LogP contribution is 1.88. The second-order valence-electron chi connectivity index (χ2n) is 2.24. The molecular formula is C8H12N2O2S. The second-order valence-corrected chi connectivity index (χ2v) is 2.73. The maximum Gasteiger partial charge on any atom is 0.312 e. The molecule has 0 radical (unpaired) electrons. The minimum absolute atomic E-state index is 0.0919. The normalized spacial score (nSPS) is 8.62. The Morgan fingerprint density at radius 3 is 2.92 bits per heavy atom. The van der Waals surface area contributed by atoms with Gasteiger partial charge in [-0.1, -0.05) is 12.2 Å². The molecule has 0 aliphatic heterocycles. The molecule has 13 heavy (non-hydrogen) atoms. The van der Waals surface area contributed by atoms with Crippen LogP contribution in [0.4, 0.5) is 0 Å². The molecule has 0 fully saturated rings. The summed E-state index contributed by atoms with van der Waals surface area (Å²) in [5.74, 6) is -0.336. The van der Waals surface area contributed by atoms with Crippen LogP contribution in [0.3, 0.4) is 0 Å². The van der Waals surface area contributed by atoms with Crippen molar-refractivity contribution in [2.75, 3.05) is 13.2 Å². The van der Waals surface area contributed by atoms with Crippen molar-refractivity contribution in [1.29, 1.82) is 5.26 Å². The van der Waals surface area contributed by atoms with E-state index in [4.69, 9.17) is 17.5 Å². The van der Waals surface area contributed by atoms with Crippen LogP contribution < -0.4 is 5.32 Å². The van der Waals surface area contributed by atoms with Crippen LogP contribution in [0.25, 0.3) is 0 Å². The average Bonchev–Trinajstić information content (AvgIpc) is 2.05. The van der Waals surface area contributed by atoms with Crippen molar-refractivity contribution in [2.24, 2.45) is 0 Å². The fraction of sp³-hybridized carbons (Fsp3) is 0.625. The average molecular weight is 200 g/mol. The van der Waals surface area contributed by atoms with Crippen LogP contribution in [-0.4, -0.2) is 24.1 Å². The van der Waals surface area contributed by atoms with E-state index in [1.165, 1.54) is 0 Å². The molecule has 0 aromatic carbocycles. The lowest BCUT2D eigenvalue weighted by atomic mass is 10.4. The Bertz CT molecular complexity index is 223. The van der Waals surface area contributed by atoms with Crippen molar-refractivity contribution in [2.45, 2.75) is 19.8 Å². The predicted molar refractivity (Wildman–Crippen MR) is 52.1 cm³/mol. The van der Waals surface area contributed by atoms with Crippen LogP contribution in [-0.2, 0) is 9.53 Å². The number of nitrogens with zero attached hydrogens (tertiary/aromatic N) is 1. The Hall–Kier alpha value is -1.15. The van der Waals surface area contributed by atoms with Gasteiger partial charge in [0, 0.05) is 6.54 Å². The summed E-state index contributed by atoms with van der Waals surface area (Å²) in [6, 6.07) is 1.96. The summed E-state index contributed by atoms with van der Waals surface area (Å²) >= 11 is 4.84. The third-order valence-corrected chi connectivity index (χ3v) is 1.46. The third kappa shape index (κ3) is 7.22. The molecule has 0 bridgehead atoms. The first kappa shape index (κ1) is 11.8. The minimum atomic E-state index is -0.336. The van der Waals surface area contributed by atoms with Gasteiger partial charge < -0.3 is 10.1 Å². The molecule has 0 aromatic rings. The summed E-state index contributed by atoms with van der Waals surface area (Å²) in [7, 11) is 0. The van der Waals surface area contributed by atoms with Gasteiger partial charge in [-0.25, -0.2) is 0 Å². The van der Waals surface area contributed by atoms with E-state index >= 15 is 0 Å². The molecule has 0 unspecified atom stereocenters. The smallest absolute Gasteiger partial charge is 0.312 e. The summed E-state index contributed by atoms with van der Waals surface area (Å²) < 4.78 is 4.69. The number of ether oxygens (including phenoxy) is 1. The van der Waals surface area contributed by atoms with Gasteiger partial charge in [0.1, 0.15) is 0 Å². The summed E-state index contributed by atoms with van der Waals surface area (Å²) in [5.41, 5.74) is 0. The van der Waals surface area contributed by atoms with Gasteiger partial charge in [-0.15, -0.1) is 0 Å². The van der Waals surface area contributed by atoms with Crippen molar-refractivity contribution in [3.8, 4) is 6.07 Å². The molecule has 1 N–H and O–H groups in total. The second kappa shape index (κ2) is 7.50. The number of carbonyl (C=O) groups excluding carboxylic acids is 1. The first-order valence-corrected chi connectivity index (χ1v) is 4.40. The molecule has 0 aliphatic rings. The lowest BCUT2D eigenvalue weighted by Crippen LogP contribution is -2.25. The zero-order valence-corrected chi connectivity index (χ0v) is 8.32. The van der Waals surface area contributed by atoms with Crippen molar-refractivity contribution in [1.82, 2.24) is 5.32 Å². The Balaban J connectivity index is 3.51. The lowest BCUT2D eigenvalue weighted by molar-refractivity contribution is -0.141. The number of rotatable bonds is 5. The summed E-state index contributed by atoms with van der Waals surface area (Å²) in [4.78, 5) is 11.3. The van der Waals surface area contributed by atoms with E-state index in [1.54, 1.807) is 6.92 Å². The van der Waals surface area contributed by atoms with Gasteiger partial charge in [-0.3, -0.25) is 4.79 Å². The molecule has 4 nitrogen and oxygen atoms in total. The minimum Gasteiger partial charge on any atom is -0.466 e. The molecule has 72 valence electrons. The number of esters is 1. The Kier molecular flexibility index (Phi) is 6.83. The van der Waals surface area contributed by atoms with E-state index in [1.807, 2.05) is 6.07 Å². The van der Waals surface area contributed by atoms with Crippen LogP contribution in [0.15, 0.2) is 0 Å². The zero-order valence-electron chi connectivity index (χ0n) is 7.50. The Morgan fingerprint density at radius 1 is 1.69 bits per heavy atom. The van der Waals surface area contributed by atoms with Gasteiger partial charge >= 0.3 is 5.97 Å². The Morgan fingerprint density at radius 2 is 2.38 bits per heavy atom. The zero-order chi connectivity index (χ0) is 10.1. The molecule has 0 rings (SSSR count). The van der Waals surface area contributed by atoms with E-state index in [0.29, 0.717) is 24.6 Å². The molecule has 0 amide bonds. The number of nitrogens with one attached hydrogen (secondary N) is 1. The quantitative estimate of drug-likeness (QED) is 0.403. The lowest BCUT2D eigenvalue weighted by Gasteiger charge is -2.04. The SMILES string of the molecule is CCOC(=O)CC(=S)NCCC#N. The monoisotopic (exact) mass is 200 g/mol. The van der Waals surface area contributed by atoms with Crippen LogP contribution in [0.1, 0.15) is 19.8 Å². The topological polar surface area (TPSA) is 62.1 Å². The van der Waals surface area contributed by atoms with Gasteiger partial charge in [-0.2, -0.15) is 5.26 Å². The van der Waals surface area contributed by atoms with Gasteiger partial charge in [0.05, 0.1) is 30.5 Å². The molecule has 0 saturated carbocycles. The summed E-state index contributed by atoms with van der Waals surface area (Å²) in [5, 5.41) is 11.0. The maximum absolute atomic E-state index is 10.9. The molecule has 5 heteroatoms. The largest absolute Gasteiger partial charge is 0.466 e. The van der Waals surface area contributed by atoms with E-state index in [-0.39, 0.29) is 12.4 Å². The van der Waals surface area contributed by atoms with Crippen molar-refractivity contribution >= 4 is 23.2 Å². The molecular weight excluding hydrogens is 188 g/mol. The number of hydrogen-bond donors (Lipinski definition) is 1. The highest BCUT2D eigenvalue weighted by molar-refractivity contribution is 7.80. The number of carbonyl (C=O) groups is 1. The fourth-order valence-corrected chi connectivity index (χ4v) is 0.883. The van der Waals surface area contributed by atoms with Gasteiger partial charge in [0.15, 0.2) is 0 Å². The molecule has 0 aliphatic carbocycles. The van der Waals surface area contributed by atoms with Crippen LogP contribution in [0.2, 0.25) is 0 Å². The molecule has 0 aromatic heterocycles. The number of hydrogen-bond acceptors (Lipinski definition) is 4. The van der Waals surface area contributed by atoms with Crippen LogP contribution >= 0.6 is 12.2 Å². The third-order valence-electron chi connectivity index (χ3n) is 1.17. The first-order valence-electron chi connectivity index (χ1n) is 4.00. The highest BCUT2D eigenvalue weighted by atomic mass is 32.1. The van der Waals surface area contributed by atoms with E-state index in [9.17, 15) is 4.79 Å². The predicted octanol–water partition coefficient (Wildman–Crippen LogP) is 0.770. The standard InChI is InChI=1S/C8H12N2O2S/c1-2-12-8(11)6-7(13)10-5-3-4-9/h2-3,5-6H2,1H3,(H,10,13). The van der Waals surface area contributed by atoms with Gasteiger partial charge in [0.2, 0.25) is 0 Å². The fourth-order valence-electron chi connectivity index (χ4n) is 0.663. The summed E-state index contributed by atoms with van der Waals surface area (Å²) in [6.07, 6.45) is 0.470. The van der Waals surface area contributed by atoms with E-state index < -0.39 is 0 Å². The van der Waals surface area contributed by atoms with Crippen molar-refractivity contribution in [3.63, 3.8) is 0 Å². The first-order chi connectivity index (χ1) is 6.20. The van der Waals surface area contributed by atoms with Gasteiger partial charge in [-0.05, 0) is 6.92 Å². The number of thiocarbonyl (C=S) groups is 1. The number of nitriles is 1. The van der Waals surface area contributed by atoms with Crippen LogP contribution in [0.5, 0.6) is 0 Å². The van der Waals surface area contributed by atoms with E-state index in [2.05, 4.69) is 10.1 Å². The van der Waals surface area contributed by atoms with Crippen molar-refractivity contribution < 1.29 is 9.53 Å². The molecule has 0 heterocycles. The molecule has 0 saturated heterocycles. The summed E-state index contributed by atoms with van der Waals surface area (Å²) in [6.45, 7) is 2.58. The molecule has 0 atom stereocenters. The van der Waals surface area contributed by atoms with Crippen molar-refractivity contribution in [3.05, 3.63) is 0 Å².